The predicted molar refractivity (Wildman–Crippen MR) is 65.4 cm³/mol. The van der Waals surface area contributed by atoms with Crippen LogP contribution in [0.15, 0.2) is 35.2 Å². The van der Waals surface area contributed by atoms with Gasteiger partial charge in [-0.05, 0) is 26.0 Å². The van der Waals surface area contributed by atoms with Gasteiger partial charge < -0.3 is 0 Å². The highest BCUT2D eigenvalue weighted by Crippen LogP contribution is 2.18. The van der Waals surface area contributed by atoms with Crippen LogP contribution in [0.3, 0.4) is 0 Å². The van der Waals surface area contributed by atoms with Crippen LogP contribution in [0.4, 0.5) is 0 Å². The summed E-state index contributed by atoms with van der Waals surface area (Å²) in [5.74, 6) is 0. The van der Waals surface area contributed by atoms with E-state index < -0.39 is 10.0 Å². The molecule has 0 N–H and O–H groups in total. The number of hydrogen-bond acceptors (Lipinski definition) is 4. The van der Waals surface area contributed by atoms with Gasteiger partial charge in [0.05, 0.1) is 21.8 Å². The SMILES string of the molecule is Cc1nn(S(=O)(=O)c2ccccc2)c(C)c1C#N. The Hall–Kier alpha value is -2.13. The van der Waals surface area contributed by atoms with Gasteiger partial charge in [-0.1, -0.05) is 18.2 Å². The molecule has 0 aliphatic rings. The highest BCUT2D eigenvalue weighted by Gasteiger charge is 2.23. The van der Waals surface area contributed by atoms with Gasteiger partial charge in [-0.15, -0.1) is 0 Å². The molecule has 0 aliphatic carbocycles. The van der Waals surface area contributed by atoms with Gasteiger partial charge in [-0.2, -0.15) is 22.9 Å². The van der Waals surface area contributed by atoms with E-state index in [1.807, 2.05) is 6.07 Å². The van der Waals surface area contributed by atoms with Crippen molar-refractivity contribution in [2.75, 3.05) is 0 Å². The fourth-order valence-corrected chi connectivity index (χ4v) is 3.09. The van der Waals surface area contributed by atoms with E-state index in [1.165, 1.54) is 12.1 Å². The van der Waals surface area contributed by atoms with Crippen LogP contribution in [0.2, 0.25) is 0 Å². The summed E-state index contributed by atoms with van der Waals surface area (Å²) in [6.07, 6.45) is 0. The average Bonchev–Trinajstić information content (AvgIpc) is 2.66. The van der Waals surface area contributed by atoms with Gasteiger partial charge in [-0.3, -0.25) is 0 Å². The number of aromatic nitrogens is 2. The van der Waals surface area contributed by atoms with Gasteiger partial charge in [0.2, 0.25) is 0 Å². The number of benzene rings is 1. The number of nitriles is 1. The number of nitrogens with zero attached hydrogens (tertiary/aromatic N) is 3. The van der Waals surface area contributed by atoms with Gasteiger partial charge in [-0.25, -0.2) is 0 Å². The van der Waals surface area contributed by atoms with Crippen LogP contribution >= 0.6 is 0 Å². The first-order chi connectivity index (χ1) is 8.48. The third-order valence-corrected chi connectivity index (χ3v) is 4.31. The quantitative estimate of drug-likeness (QED) is 0.823. The lowest BCUT2D eigenvalue weighted by atomic mass is 10.2. The first-order valence-corrected chi connectivity index (χ1v) is 6.69. The van der Waals surface area contributed by atoms with Crippen LogP contribution in [-0.4, -0.2) is 17.6 Å². The van der Waals surface area contributed by atoms with Gasteiger partial charge in [0.1, 0.15) is 6.07 Å². The molecule has 5 nitrogen and oxygen atoms in total. The zero-order valence-electron chi connectivity index (χ0n) is 9.95. The third kappa shape index (κ3) is 1.79. The zero-order chi connectivity index (χ0) is 13.3. The molecule has 92 valence electrons. The molecular formula is C12H11N3O2S. The average molecular weight is 261 g/mol. The number of hydrogen-bond donors (Lipinski definition) is 0. The minimum atomic E-state index is -3.73. The molecule has 6 heteroatoms. The lowest BCUT2D eigenvalue weighted by Crippen LogP contribution is -2.16. The molecule has 0 radical (unpaired) electrons. The molecule has 1 aromatic carbocycles. The highest BCUT2D eigenvalue weighted by atomic mass is 32.2. The molecule has 0 aliphatic heterocycles. The monoisotopic (exact) mass is 261 g/mol. The Bertz CT molecular complexity index is 725. The molecule has 0 fully saturated rings. The normalized spacial score (nSPS) is 11.2. The van der Waals surface area contributed by atoms with E-state index in [4.69, 9.17) is 5.26 Å². The summed E-state index contributed by atoms with van der Waals surface area (Å²) in [5, 5.41) is 12.9. The van der Waals surface area contributed by atoms with Crippen molar-refractivity contribution in [1.29, 1.82) is 5.26 Å². The van der Waals surface area contributed by atoms with Crippen LogP contribution in [0.5, 0.6) is 0 Å². The summed E-state index contributed by atoms with van der Waals surface area (Å²) in [4.78, 5) is 0.153. The van der Waals surface area contributed by atoms with E-state index in [1.54, 1.807) is 32.0 Å². The fourth-order valence-electron chi connectivity index (χ4n) is 1.71. The maximum Gasteiger partial charge on any atom is 0.283 e. The van der Waals surface area contributed by atoms with Crippen molar-refractivity contribution < 1.29 is 8.42 Å². The van der Waals surface area contributed by atoms with E-state index in [-0.39, 0.29) is 4.90 Å². The van der Waals surface area contributed by atoms with Crippen LogP contribution in [-0.2, 0) is 10.0 Å². The fraction of sp³-hybridized carbons (Fsp3) is 0.167. The Morgan fingerprint density at radius 2 is 1.83 bits per heavy atom. The minimum absolute atomic E-state index is 0.153. The molecule has 0 spiro atoms. The van der Waals surface area contributed by atoms with Crippen molar-refractivity contribution in [2.24, 2.45) is 0 Å². The van der Waals surface area contributed by atoms with Gasteiger partial charge in [0, 0.05) is 0 Å². The summed E-state index contributed by atoms with van der Waals surface area (Å²) in [6.45, 7) is 3.18. The summed E-state index contributed by atoms with van der Waals surface area (Å²) >= 11 is 0. The van der Waals surface area contributed by atoms with Gasteiger partial charge in [0.25, 0.3) is 10.0 Å². The summed E-state index contributed by atoms with van der Waals surface area (Å²) < 4.78 is 25.6. The van der Waals surface area contributed by atoms with Crippen molar-refractivity contribution in [3.8, 4) is 6.07 Å². The maximum atomic E-state index is 12.3. The lowest BCUT2D eigenvalue weighted by Gasteiger charge is -2.05. The Morgan fingerprint density at radius 1 is 1.22 bits per heavy atom. The molecule has 1 aromatic heterocycles. The van der Waals surface area contributed by atoms with E-state index in [0.29, 0.717) is 17.0 Å². The van der Waals surface area contributed by atoms with E-state index in [2.05, 4.69) is 5.10 Å². The third-order valence-electron chi connectivity index (χ3n) is 2.63. The lowest BCUT2D eigenvalue weighted by molar-refractivity contribution is 0.578. The van der Waals surface area contributed by atoms with Crippen molar-refractivity contribution in [3.63, 3.8) is 0 Å². The van der Waals surface area contributed by atoms with Crippen molar-refractivity contribution in [3.05, 3.63) is 47.3 Å². The molecular weight excluding hydrogens is 250 g/mol. The molecule has 18 heavy (non-hydrogen) atoms. The minimum Gasteiger partial charge on any atom is -0.199 e. The van der Waals surface area contributed by atoms with Crippen molar-refractivity contribution in [1.82, 2.24) is 9.19 Å². The first kappa shape index (κ1) is 12.3. The molecule has 0 saturated carbocycles. The zero-order valence-corrected chi connectivity index (χ0v) is 10.8. The van der Waals surface area contributed by atoms with Crippen LogP contribution in [0.25, 0.3) is 0 Å². The Balaban J connectivity index is 2.68. The van der Waals surface area contributed by atoms with E-state index in [9.17, 15) is 8.42 Å². The van der Waals surface area contributed by atoms with Gasteiger partial charge >= 0.3 is 0 Å². The molecule has 0 saturated heterocycles. The molecule has 2 rings (SSSR count). The second kappa shape index (κ2) is 4.27. The molecule has 0 amide bonds. The highest BCUT2D eigenvalue weighted by molar-refractivity contribution is 7.89. The number of aryl methyl sites for hydroxylation is 1. The summed E-state index contributed by atoms with van der Waals surface area (Å²) in [5.41, 5.74) is 1.04. The summed E-state index contributed by atoms with van der Waals surface area (Å²) in [7, 11) is -3.73. The Kier molecular flexibility index (Phi) is 2.93. The molecule has 0 atom stereocenters. The second-order valence-corrected chi connectivity index (χ2v) is 5.59. The molecule has 0 unspecified atom stereocenters. The van der Waals surface area contributed by atoms with Gasteiger partial charge in [0.15, 0.2) is 0 Å². The Morgan fingerprint density at radius 3 is 2.33 bits per heavy atom. The largest absolute Gasteiger partial charge is 0.283 e. The number of rotatable bonds is 2. The summed E-state index contributed by atoms with van der Waals surface area (Å²) in [6, 6.07) is 9.98. The molecule has 0 bridgehead atoms. The predicted octanol–water partition coefficient (Wildman–Crippen LogP) is 1.61. The first-order valence-electron chi connectivity index (χ1n) is 5.25. The van der Waals surface area contributed by atoms with Crippen molar-refractivity contribution in [2.45, 2.75) is 18.7 Å². The Labute approximate surface area is 105 Å². The topological polar surface area (TPSA) is 75.8 Å². The van der Waals surface area contributed by atoms with E-state index in [0.717, 1.165) is 4.09 Å². The smallest absolute Gasteiger partial charge is 0.199 e. The maximum absolute atomic E-state index is 12.3. The molecule has 1 heterocycles. The van der Waals surface area contributed by atoms with Crippen LogP contribution in [0.1, 0.15) is 17.0 Å². The van der Waals surface area contributed by atoms with Crippen LogP contribution < -0.4 is 0 Å². The molecule has 2 aromatic rings. The van der Waals surface area contributed by atoms with Crippen molar-refractivity contribution >= 4 is 10.0 Å². The second-order valence-electron chi connectivity index (χ2n) is 3.82. The van der Waals surface area contributed by atoms with Crippen LogP contribution in [0, 0.1) is 25.2 Å². The van der Waals surface area contributed by atoms with E-state index >= 15 is 0 Å². The standard InChI is InChI=1S/C12H11N3O2S/c1-9-12(8-13)10(2)15(14-9)18(16,17)11-6-4-3-5-7-11/h3-7H,1-2H3.